The number of aryl methyl sites for hydroxylation is 2. The molecular formula is C21H19NO3S. The molecule has 0 saturated carbocycles. The highest BCUT2D eigenvalue weighted by molar-refractivity contribution is 7.17. The van der Waals surface area contributed by atoms with Crippen molar-refractivity contribution in [3.05, 3.63) is 64.5 Å². The number of benzene rings is 2. The number of methoxy groups -OCH3 is 2. The smallest absolute Gasteiger partial charge is 0.265 e. The van der Waals surface area contributed by atoms with Gasteiger partial charge in [-0.05, 0) is 47.7 Å². The standard InChI is InChI=1S/C21H19NO3S/c1-24-17-10-9-15(12-18(17)25-2)22-21(23)19-11-14-8-7-13-5-3-4-6-16(13)20(14)26-19/h3-6,9-12H,7-8H2,1-2H3,(H,22,23). The van der Waals surface area contributed by atoms with E-state index in [0.717, 1.165) is 17.7 Å². The summed E-state index contributed by atoms with van der Waals surface area (Å²) >= 11 is 1.55. The second kappa shape index (κ2) is 6.84. The van der Waals surface area contributed by atoms with Gasteiger partial charge in [-0.1, -0.05) is 24.3 Å². The van der Waals surface area contributed by atoms with E-state index >= 15 is 0 Å². The van der Waals surface area contributed by atoms with Crippen molar-refractivity contribution in [3.8, 4) is 21.9 Å². The first-order valence-corrected chi connectivity index (χ1v) is 9.25. The minimum atomic E-state index is -0.103. The molecule has 0 aliphatic heterocycles. The van der Waals surface area contributed by atoms with Crippen molar-refractivity contribution in [2.24, 2.45) is 0 Å². The fraction of sp³-hybridized carbons (Fsp3) is 0.190. The molecule has 132 valence electrons. The van der Waals surface area contributed by atoms with Crippen molar-refractivity contribution in [1.82, 2.24) is 0 Å². The van der Waals surface area contributed by atoms with Crippen LogP contribution in [-0.2, 0) is 12.8 Å². The number of thiophene rings is 1. The van der Waals surface area contributed by atoms with Crippen LogP contribution in [0.5, 0.6) is 11.5 Å². The third kappa shape index (κ3) is 2.95. The van der Waals surface area contributed by atoms with Gasteiger partial charge < -0.3 is 14.8 Å². The quantitative estimate of drug-likeness (QED) is 0.723. The Hall–Kier alpha value is -2.79. The molecule has 4 nitrogen and oxygen atoms in total. The van der Waals surface area contributed by atoms with Crippen LogP contribution in [0.4, 0.5) is 5.69 Å². The number of amides is 1. The molecule has 2 aromatic carbocycles. The van der Waals surface area contributed by atoms with Gasteiger partial charge in [0, 0.05) is 16.6 Å². The third-order valence-corrected chi connectivity index (χ3v) is 5.81. The van der Waals surface area contributed by atoms with Gasteiger partial charge in [0.15, 0.2) is 11.5 Å². The maximum atomic E-state index is 12.7. The Balaban J connectivity index is 1.60. The molecule has 0 radical (unpaired) electrons. The molecule has 1 aromatic heterocycles. The van der Waals surface area contributed by atoms with Gasteiger partial charge in [-0.25, -0.2) is 0 Å². The predicted octanol–water partition coefficient (Wildman–Crippen LogP) is 4.78. The van der Waals surface area contributed by atoms with Gasteiger partial charge in [-0.3, -0.25) is 4.79 Å². The van der Waals surface area contributed by atoms with Gasteiger partial charge >= 0.3 is 0 Å². The van der Waals surface area contributed by atoms with Crippen LogP contribution >= 0.6 is 11.3 Å². The van der Waals surface area contributed by atoms with Crippen LogP contribution in [-0.4, -0.2) is 20.1 Å². The number of hydrogen-bond donors (Lipinski definition) is 1. The van der Waals surface area contributed by atoms with E-state index in [4.69, 9.17) is 9.47 Å². The van der Waals surface area contributed by atoms with Crippen LogP contribution < -0.4 is 14.8 Å². The summed E-state index contributed by atoms with van der Waals surface area (Å²) in [6.07, 6.45) is 2.00. The molecule has 5 heteroatoms. The lowest BCUT2D eigenvalue weighted by Crippen LogP contribution is -2.10. The Morgan fingerprint density at radius 1 is 0.962 bits per heavy atom. The lowest BCUT2D eigenvalue weighted by molar-refractivity contribution is 0.103. The van der Waals surface area contributed by atoms with Crippen molar-refractivity contribution >= 4 is 22.9 Å². The van der Waals surface area contributed by atoms with Crippen molar-refractivity contribution in [3.63, 3.8) is 0 Å². The Bertz CT molecular complexity index is 977. The normalized spacial score (nSPS) is 12.1. The molecule has 3 aromatic rings. The number of rotatable bonds is 4. The van der Waals surface area contributed by atoms with E-state index in [9.17, 15) is 4.79 Å². The lowest BCUT2D eigenvalue weighted by Gasteiger charge is -2.15. The van der Waals surface area contributed by atoms with E-state index in [-0.39, 0.29) is 5.91 Å². The molecule has 0 bridgehead atoms. The fourth-order valence-electron chi connectivity index (χ4n) is 3.29. The Labute approximate surface area is 156 Å². The molecule has 1 aliphatic carbocycles. The predicted molar refractivity (Wildman–Crippen MR) is 105 cm³/mol. The molecule has 1 heterocycles. The van der Waals surface area contributed by atoms with Gasteiger partial charge in [0.05, 0.1) is 19.1 Å². The van der Waals surface area contributed by atoms with Crippen LogP contribution in [0.15, 0.2) is 48.5 Å². The largest absolute Gasteiger partial charge is 0.493 e. The average molecular weight is 365 g/mol. The van der Waals surface area contributed by atoms with Crippen molar-refractivity contribution < 1.29 is 14.3 Å². The van der Waals surface area contributed by atoms with Crippen LogP contribution in [0.1, 0.15) is 20.8 Å². The Morgan fingerprint density at radius 3 is 2.54 bits per heavy atom. The molecule has 0 unspecified atom stereocenters. The van der Waals surface area contributed by atoms with Crippen LogP contribution in [0.25, 0.3) is 10.4 Å². The van der Waals surface area contributed by atoms with Gasteiger partial charge in [-0.2, -0.15) is 0 Å². The van der Waals surface area contributed by atoms with E-state index < -0.39 is 0 Å². The number of ether oxygens (including phenoxy) is 2. The molecule has 1 amide bonds. The highest BCUT2D eigenvalue weighted by atomic mass is 32.1. The SMILES string of the molecule is COc1ccc(NC(=O)c2cc3c(s2)-c2ccccc2CC3)cc1OC. The first kappa shape index (κ1) is 16.7. The summed E-state index contributed by atoms with van der Waals surface area (Å²) in [7, 11) is 3.17. The third-order valence-electron chi connectivity index (χ3n) is 4.60. The maximum absolute atomic E-state index is 12.7. The fourth-order valence-corrected chi connectivity index (χ4v) is 4.46. The van der Waals surface area contributed by atoms with Crippen molar-refractivity contribution in [1.29, 1.82) is 0 Å². The number of anilines is 1. The summed E-state index contributed by atoms with van der Waals surface area (Å²) < 4.78 is 10.5. The second-order valence-corrected chi connectivity index (χ2v) is 7.20. The first-order chi connectivity index (χ1) is 12.7. The van der Waals surface area contributed by atoms with Crippen molar-refractivity contribution in [2.75, 3.05) is 19.5 Å². The average Bonchev–Trinajstić information content (AvgIpc) is 3.13. The number of carbonyl (C=O) groups excluding carboxylic acids is 1. The van der Waals surface area contributed by atoms with Crippen molar-refractivity contribution in [2.45, 2.75) is 12.8 Å². The van der Waals surface area contributed by atoms with E-state index in [1.54, 1.807) is 37.7 Å². The minimum absolute atomic E-state index is 0.103. The molecule has 1 aliphatic rings. The number of carbonyl (C=O) groups is 1. The topological polar surface area (TPSA) is 47.6 Å². The number of hydrogen-bond acceptors (Lipinski definition) is 4. The zero-order valence-corrected chi connectivity index (χ0v) is 15.5. The van der Waals surface area contributed by atoms with Crippen LogP contribution in [0.3, 0.4) is 0 Å². The number of nitrogens with one attached hydrogen (secondary N) is 1. The number of fused-ring (bicyclic) bond motifs is 3. The summed E-state index contributed by atoms with van der Waals surface area (Å²) in [6.45, 7) is 0. The highest BCUT2D eigenvalue weighted by Gasteiger charge is 2.21. The molecule has 0 saturated heterocycles. The molecular weight excluding hydrogens is 346 g/mol. The molecule has 26 heavy (non-hydrogen) atoms. The van der Waals surface area contributed by atoms with Crippen LogP contribution in [0.2, 0.25) is 0 Å². The molecule has 4 rings (SSSR count). The highest BCUT2D eigenvalue weighted by Crippen LogP contribution is 2.39. The van der Waals surface area contributed by atoms with Gasteiger partial charge in [-0.15, -0.1) is 11.3 Å². The Morgan fingerprint density at radius 2 is 1.73 bits per heavy atom. The molecule has 0 fully saturated rings. The van der Waals surface area contributed by atoms with Gasteiger partial charge in [0.2, 0.25) is 0 Å². The van der Waals surface area contributed by atoms with Gasteiger partial charge in [0.25, 0.3) is 5.91 Å². The maximum Gasteiger partial charge on any atom is 0.265 e. The summed E-state index contributed by atoms with van der Waals surface area (Å²) in [5.74, 6) is 1.12. The zero-order valence-electron chi connectivity index (χ0n) is 14.7. The molecule has 0 spiro atoms. The summed E-state index contributed by atoms with van der Waals surface area (Å²) in [4.78, 5) is 14.7. The lowest BCUT2D eigenvalue weighted by atomic mass is 9.91. The Kier molecular flexibility index (Phi) is 4.39. The van der Waals surface area contributed by atoms with E-state index in [2.05, 4.69) is 29.6 Å². The van der Waals surface area contributed by atoms with Crippen LogP contribution in [0, 0.1) is 0 Å². The monoisotopic (exact) mass is 365 g/mol. The van der Waals surface area contributed by atoms with E-state index in [1.165, 1.54) is 21.6 Å². The second-order valence-electron chi connectivity index (χ2n) is 6.15. The summed E-state index contributed by atoms with van der Waals surface area (Å²) in [5.41, 5.74) is 4.54. The summed E-state index contributed by atoms with van der Waals surface area (Å²) in [5, 5.41) is 2.95. The van der Waals surface area contributed by atoms with E-state index in [0.29, 0.717) is 17.2 Å². The first-order valence-electron chi connectivity index (χ1n) is 8.44. The molecule has 0 atom stereocenters. The van der Waals surface area contributed by atoms with Gasteiger partial charge in [0.1, 0.15) is 0 Å². The zero-order chi connectivity index (χ0) is 18.1. The molecule has 1 N–H and O–H groups in total. The van der Waals surface area contributed by atoms with E-state index in [1.807, 2.05) is 12.1 Å². The summed E-state index contributed by atoms with van der Waals surface area (Å²) in [6, 6.07) is 15.8. The minimum Gasteiger partial charge on any atom is -0.493 e.